The Morgan fingerprint density at radius 1 is 1.03 bits per heavy atom. The second kappa shape index (κ2) is 8.44. The maximum absolute atomic E-state index is 13.2. The number of ether oxygens (including phenoxy) is 5. The average Bonchev–Trinajstić information content (AvgIpc) is 2.78. The summed E-state index contributed by atoms with van der Waals surface area (Å²) in [5.74, 6) is 1.94. The van der Waals surface area contributed by atoms with Gasteiger partial charge in [-0.15, -0.1) is 0 Å². The van der Waals surface area contributed by atoms with Gasteiger partial charge in [-0.1, -0.05) is 18.2 Å². The number of nitrogens with one attached hydrogen (secondary N) is 1. The van der Waals surface area contributed by atoms with E-state index < -0.39 is 0 Å². The van der Waals surface area contributed by atoms with E-state index in [0.717, 1.165) is 24.2 Å². The van der Waals surface area contributed by atoms with Crippen LogP contribution in [0.15, 0.2) is 36.4 Å². The molecule has 4 rings (SSSR count). The topological polar surface area (TPSA) is 75.3 Å². The summed E-state index contributed by atoms with van der Waals surface area (Å²) in [6.07, 6.45) is 2.30. The van der Waals surface area contributed by atoms with E-state index >= 15 is 0 Å². The summed E-state index contributed by atoms with van der Waals surface area (Å²) in [7, 11) is 4.59. The van der Waals surface area contributed by atoms with Gasteiger partial charge in [0.15, 0.2) is 11.5 Å². The number of para-hydroxylation sites is 1. The van der Waals surface area contributed by atoms with Crippen molar-refractivity contribution >= 4 is 5.91 Å². The van der Waals surface area contributed by atoms with Crippen molar-refractivity contribution in [2.75, 3.05) is 34.5 Å². The lowest BCUT2D eigenvalue weighted by Crippen LogP contribution is -2.48. The summed E-state index contributed by atoms with van der Waals surface area (Å²) in [4.78, 5) is 13.2. The molecule has 2 aliphatic heterocycles. The minimum Gasteiger partial charge on any atom is -0.493 e. The fourth-order valence-electron chi connectivity index (χ4n) is 4.25. The lowest BCUT2D eigenvalue weighted by atomic mass is 9.82. The van der Waals surface area contributed by atoms with Gasteiger partial charge in [0.25, 0.3) is 5.91 Å². The summed E-state index contributed by atoms with van der Waals surface area (Å²) in [6.45, 7) is 1.32. The van der Waals surface area contributed by atoms with Gasteiger partial charge in [0.05, 0.1) is 40.6 Å². The van der Waals surface area contributed by atoms with Gasteiger partial charge >= 0.3 is 0 Å². The Morgan fingerprint density at radius 3 is 2.33 bits per heavy atom. The predicted molar refractivity (Wildman–Crippen MR) is 111 cm³/mol. The lowest BCUT2D eigenvalue weighted by Gasteiger charge is -2.44. The number of hydrogen-bond donors (Lipinski definition) is 1. The minimum absolute atomic E-state index is 0.167. The number of methoxy groups -OCH3 is 3. The fraction of sp³-hybridized carbons (Fsp3) is 0.435. The Hall–Kier alpha value is -2.93. The van der Waals surface area contributed by atoms with Crippen LogP contribution in [0.4, 0.5) is 0 Å². The number of fused-ring (bicyclic) bond motifs is 1. The first kappa shape index (κ1) is 20.3. The first-order chi connectivity index (χ1) is 14.6. The molecule has 30 heavy (non-hydrogen) atoms. The second-order valence-corrected chi connectivity index (χ2v) is 7.58. The zero-order chi connectivity index (χ0) is 21.1. The third-order valence-electron chi connectivity index (χ3n) is 5.83. The quantitative estimate of drug-likeness (QED) is 0.809. The van der Waals surface area contributed by atoms with Crippen LogP contribution in [0.5, 0.6) is 23.0 Å². The molecule has 1 N–H and O–H groups in total. The van der Waals surface area contributed by atoms with Gasteiger partial charge in [-0.25, -0.2) is 0 Å². The predicted octanol–water partition coefficient (Wildman–Crippen LogP) is 3.52. The molecule has 1 fully saturated rings. The van der Waals surface area contributed by atoms with Gasteiger partial charge in [0, 0.05) is 30.4 Å². The number of carbonyl (C=O) groups is 1. The van der Waals surface area contributed by atoms with Crippen molar-refractivity contribution in [1.82, 2.24) is 5.32 Å². The summed E-state index contributed by atoms with van der Waals surface area (Å²) in [5, 5.41) is 3.19. The molecular formula is C23H27NO6. The Balaban J connectivity index is 1.64. The average molecular weight is 413 g/mol. The van der Waals surface area contributed by atoms with E-state index in [1.54, 1.807) is 12.1 Å². The number of benzene rings is 2. The zero-order valence-corrected chi connectivity index (χ0v) is 17.5. The van der Waals surface area contributed by atoms with Crippen LogP contribution in [0.1, 0.15) is 41.2 Å². The molecule has 2 heterocycles. The van der Waals surface area contributed by atoms with E-state index in [9.17, 15) is 4.79 Å². The maximum Gasteiger partial charge on any atom is 0.252 e. The van der Waals surface area contributed by atoms with Crippen LogP contribution in [-0.4, -0.2) is 46.1 Å². The Labute approximate surface area is 176 Å². The number of hydrogen-bond acceptors (Lipinski definition) is 6. The lowest BCUT2D eigenvalue weighted by molar-refractivity contribution is -0.0639. The third kappa shape index (κ3) is 3.77. The monoisotopic (exact) mass is 413 g/mol. The van der Waals surface area contributed by atoms with Gasteiger partial charge < -0.3 is 29.0 Å². The highest BCUT2D eigenvalue weighted by molar-refractivity contribution is 5.96. The largest absolute Gasteiger partial charge is 0.493 e. The van der Waals surface area contributed by atoms with Gasteiger partial charge in [-0.3, -0.25) is 4.79 Å². The Bertz CT molecular complexity index is 897. The summed E-state index contributed by atoms with van der Waals surface area (Å²) < 4.78 is 28.1. The van der Waals surface area contributed by atoms with Crippen LogP contribution in [0.3, 0.4) is 0 Å². The second-order valence-electron chi connectivity index (χ2n) is 7.58. The molecule has 0 aliphatic carbocycles. The molecule has 2 aliphatic rings. The van der Waals surface area contributed by atoms with Crippen LogP contribution in [0.2, 0.25) is 0 Å². The molecule has 160 valence electrons. The van der Waals surface area contributed by atoms with Crippen LogP contribution in [-0.2, 0) is 4.74 Å². The molecule has 1 atom stereocenters. The van der Waals surface area contributed by atoms with E-state index in [-0.39, 0.29) is 17.6 Å². The molecule has 1 saturated heterocycles. The van der Waals surface area contributed by atoms with Crippen molar-refractivity contribution in [3.05, 3.63) is 47.5 Å². The van der Waals surface area contributed by atoms with Crippen molar-refractivity contribution in [2.24, 2.45) is 0 Å². The standard InChI is InChI=1S/C23H27NO6/c1-26-19-12-15(13-20(27-2)21(19)28-3)22(25)24-17-14-23(8-10-29-11-9-23)30-18-7-5-4-6-16(17)18/h4-7,12-13,17H,8-11,14H2,1-3H3,(H,24,25). The molecule has 0 aromatic heterocycles. The van der Waals surface area contributed by atoms with Crippen molar-refractivity contribution < 1.29 is 28.5 Å². The van der Waals surface area contributed by atoms with E-state index in [1.165, 1.54) is 21.3 Å². The van der Waals surface area contributed by atoms with E-state index in [2.05, 4.69) is 5.32 Å². The normalized spacial score (nSPS) is 19.4. The van der Waals surface area contributed by atoms with Crippen molar-refractivity contribution in [3.8, 4) is 23.0 Å². The highest BCUT2D eigenvalue weighted by Crippen LogP contribution is 2.44. The highest BCUT2D eigenvalue weighted by atomic mass is 16.5. The Kier molecular flexibility index (Phi) is 5.72. The molecular weight excluding hydrogens is 386 g/mol. The summed E-state index contributed by atoms with van der Waals surface area (Å²) in [5.41, 5.74) is 1.10. The number of rotatable bonds is 5. The first-order valence-corrected chi connectivity index (χ1v) is 10.1. The molecule has 1 spiro atoms. The summed E-state index contributed by atoms with van der Waals surface area (Å²) in [6, 6.07) is 11.0. The maximum atomic E-state index is 13.2. The van der Waals surface area contributed by atoms with Crippen LogP contribution >= 0.6 is 0 Å². The smallest absolute Gasteiger partial charge is 0.252 e. The van der Waals surface area contributed by atoms with E-state index in [4.69, 9.17) is 23.7 Å². The van der Waals surface area contributed by atoms with Gasteiger partial charge in [0.2, 0.25) is 5.75 Å². The molecule has 0 saturated carbocycles. The molecule has 1 amide bonds. The van der Waals surface area contributed by atoms with Crippen molar-refractivity contribution in [1.29, 1.82) is 0 Å². The molecule has 2 aromatic carbocycles. The van der Waals surface area contributed by atoms with Crippen molar-refractivity contribution in [2.45, 2.75) is 30.9 Å². The SMILES string of the molecule is COc1cc(C(=O)NC2CC3(CCOCC3)Oc3ccccc32)cc(OC)c1OC. The summed E-state index contributed by atoms with van der Waals surface area (Å²) >= 11 is 0. The van der Waals surface area contributed by atoms with Gasteiger partial charge in [-0.2, -0.15) is 0 Å². The van der Waals surface area contributed by atoms with E-state index in [1.807, 2.05) is 24.3 Å². The molecule has 7 nitrogen and oxygen atoms in total. The van der Waals surface area contributed by atoms with Crippen LogP contribution < -0.4 is 24.3 Å². The zero-order valence-electron chi connectivity index (χ0n) is 17.5. The molecule has 0 radical (unpaired) electrons. The van der Waals surface area contributed by atoms with Crippen LogP contribution in [0.25, 0.3) is 0 Å². The van der Waals surface area contributed by atoms with Crippen LogP contribution in [0, 0.1) is 0 Å². The number of carbonyl (C=O) groups excluding carboxylic acids is 1. The molecule has 7 heteroatoms. The molecule has 0 bridgehead atoms. The molecule has 2 aromatic rings. The fourth-order valence-corrected chi connectivity index (χ4v) is 4.25. The number of amides is 1. The van der Waals surface area contributed by atoms with Crippen molar-refractivity contribution in [3.63, 3.8) is 0 Å². The van der Waals surface area contributed by atoms with Gasteiger partial charge in [0.1, 0.15) is 11.4 Å². The third-order valence-corrected chi connectivity index (χ3v) is 5.83. The van der Waals surface area contributed by atoms with E-state index in [0.29, 0.717) is 42.4 Å². The minimum atomic E-state index is -0.320. The highest BCUT2D eigenvalue weighted by Gasteiger charge is 2.42. The molecule has 1 unspecified atom stereocenters. The Morgan fingerprint density at radius 2 is 1.70 bits per heavy atom. The van der Waals surface area contributed by atoms with Gasteiger partial charge in [-0.05, 0) is 18.2 Å². The first-order valence-electron chi connectivity index (χ1n) is 10.1.